The molecule has 0 aliphatic carbocycles. The second-order valence-corrected chi connectivity index (χ2v) is 5.02. The van der Waals surface area contributed by atoms with E-state index in [0.29, 0.717) is 11.3 Å². The van der Waals surface area contributed by atoms with Crippen molar-refractivity contribution in [3.8, 4) is 11.9 Å². The van der Waals surface area contributed by atoms with Crippen molar-refractivity contribution in [3.63, 3.8) is 0 Å². The van der Waals surface area contributed by atoms with Gasteiger partial charge in [0.1, 0.15) is 11.6 Å². The number of methoxy groups -OCH3 is 1. The van der Waals surface area contributed by atoms with Crippen LogP contribution in [0.2, 0.25) is 0 Å². The lowest BCUT2D eigenvalue weighted by molar-refractivity contribution is -0.123. The number of ether oxygens (including phenoxy) is 2. The van der Waals surface area contributed by atoms with E-state index in [0.717, 1.165) is 5.56 Å². The quantitative estimate of drug-likeness (QED) is 0.602. The molecule has 0 aromatic carbocycles. The van der Waals surface area contributed by atoms with Crippen molar-refractivity contribution in [1.82, 2.24) is 15.4 Å². The van der Waals surface area contributed by atoms with Gasteiger partial charge in [0, 0.05) is 36.3 Å². The van der Waals surface area contributed by atoms with Gasteiger partial charge in [-0.1, -0.05) is 6.07 Å². The molecule has 0 aliphatic rings. The van der Waals surface area contributed by atoms with E-state index >= 15 is 0 Å². The van der Waals surface area contributed by atoms with Crippen molar-refractivity contribution < 1.29 is 14.3 Å². The first-order chi connectivity index (χ1) is 12.1. The highest BCUT2D eigenvalue weighted by molar-refractivity contribution is 5.82. The Morgan fingerprint density at radius 2 is 2.36 bits per heavy atom. The maximum Gasteiger partial charge on any atom is 0.278 e. The van der Waals surface area contributed by atoms with E-state index in [9.17, 15) is 10.1 Å². The Labute approximate surface area is 145 Å². The van der Waals surface area contributed by atoms with Crippen molar-refractivity contribution in [3.05, 3.63) is 53.0 Å². The molecule has 2 heterocycles. The van der Waals surface area contributed by atoms with E-state index in [1.165, 1.54) is 13.3 Å². The number of hydrogen-bond donors (Lipinski definition) is 1. The summed E-state index contributed by atoms with van der Waals surface area (Å²) in [6.45, 7) is 1.71. The summed E-state index contributed by atoms with van der Waals surface area (Å²) < 4.78 is 10.4. The maximum absolute atomic E-state index is 11.8. The van der Waals surface area contributed by atoms with Gasteiger partial charge in [-0.15, -0.1) is 0 Å². The summed E-state index contributed by atoms with van der Waals surface area (Å²) >= 11 is 0. The Morgan fingerprint density at radius 1 is 1.52 bits per heavy atom. The zero-order valence-electron chi connectivity index (χ0n) is 13.9. The molecule has 0 saturated heterocycles. The number of carbonyl (C=O) groups excluding carboxylic acids is 1. The van der Waals surface area contributed by atoms with E-state index in [-0.39, 0.29) is 24.7 Å². The largest absolute Gasteiger partial charge is 0.467 e. The lowest BCUT2D eigenvalue weighted by Crippen LogP contribution is -2.25. The van der Waals surface area contributed by atoms with Gasteiger partial charge >= 0.3 is 0 Å². The maximum atomic E-state index is 11.8. The summed E-state index contributed by atoms with van der Waals surface area (Å²) in [5, 5.41) is 13.1. The summed E-state index contributed by atoms with van der Waals surface area (Å²) in [5.41, 5.74) is 4.65. The molecule has 8 nitrogen and oxygen atoms in total. The normalized spacial score (nSPS) is 10.4. The molecule has 25 heavy (non-hydrogen) atoms. The number of rotatable bonds is 7. The van der Waals surface area contributed by atoms with E-state index in [1.54, 1.807) is 37.5 Å². The standard InChI is InChI=1S/C17H17N5O3/c1-12-6-14(10-24-2)15(7-18)17(21-12)25-11-16(23)22-20-9-13-4-3-5-19-8-13/h3-6,8-9H,10-11H2,1-2H3,(H,22,23)/b20-9-. The van der Waals surface area contributed by atoms with E-state index < -0.39 is 5.91 Å². The van der Waals surface area contributed by atoms with Crippen LogP contribution in [0.25, 0.3) is 0 Å². The Kier molecular flexibility index (Phi) is 6.56. The molecule has 0 bridgehead atoms. The summed E-state index contributed by atoms with van der Waals surface area (Å²) in [5.74, 6) is -0.374. The third-order valence-electron chi connectivity index (χ3n) is 3.03. The molecular formula is C17H17N5O3. The Balaban J connectivity index is 1.97. The molecule has 0 atom stereocenters. The molecule has 2 aromatic rings. The van der Waals surface area contributed by atoms with Crippen LogP contribution in [-0.4, -0.2) is 35.8 Å². The average molecular weight is 339 g/mol. The molecule has 0 fully saturated rings. The van der Waals surface area contributed by atoms with Crippen LogP contribution in [0.3, 0.4) is 0 Å². The van der Waals surface area contributed by atoms with Crippen LogP contribution in [0.4, 0.5) is 0 Å². The van der Waals surface area contributed by atoms with Crippen molar-refractivity contribution in [2.45, 2.75) is 13.5 Å². The van der Waals surface area contributed by atoms with Gasteiger partial charge in [-0.05, 0) is 19.1 Å². The fourth-order valence-electron chi connectivity index (χ4n) is 2.00. The molecule has 0 saturated carbocycles. The number of nitrogens with one attached hydrogen (secondary N) is 1. The molecular weight excluding hydrogens is 322 g/mol. The minimum Gasteiger partial charge on any atom is -0.467 e. The molecule has 1 N–H and O–H groups in total. The van der Waals surface area contributed by atoms with E-state index in [1.807, 2.05) is 6.07 Å². The molecule has 2 aromatic heterocycles. The highest BCUT2D eigenvalue weighted by Crippen LogP contribution is 2.21. The average Bonchev–Trinajstić information content (AvgIpc) is 2.61. The Bertz CT molecular complexity index is 800. The summed E-state index contributed by atoms with van der Waals surface area (Å²) in [4.78, 5) is 19.9. The molecule has 2 rings (SSSR count). The number of pyridine rings is 2. The molecule has 1 amide bonds. The fraction of sp³-hybridized carbons (Fsp3) is 0.235. The predicted molar refractivity (Wildman–Crippen MR) is 89.9 cm³/mol. The van der Waals surface area contributed by atoms with Gasteiger partial charge < -0.3 is 9.47 Å². The fourth-order valence-corrected chi connectivity index (χ4v) is 2.00. The zero-order valence-corrected chi connectivity index (χ0v) is 13.9. The minimum atomic E-state index is -0.472. The first-order valence-electron chi connectivity index (χ1n) is 7.38. The van der Waals surface area contributed by atoms with Gasteiger partial charge in [0.25, 0.3) is 5.91 Å². The number of aromatic nitrogens is 2. The third kappa shape index (κ3) is 5.37. The lowest BCUT2D eigenvalue weighted by Gasteiger charge is -2.10. The van der Waals surface area contributed by atoms with E-state index in [2.05, 4.69) is 20.5 Å². The summed E-state index contributed by atoms with van der Waals surface area (Å²) in [7, 11) is 1.53. The van der Waals surface area contributed by atoms with Crippen LogP contribution in [0.1, 0.15) is 22.4 Å². The van der Waals surface area contributed by atoms with Crippen molar-refractivity contribution in [1.29, 1.82) is 5.26 Å². The highest BCUT2D eigenvalue weighted by Gasteiger charge is 2.14. The molecule has 0 unspecified atom stereocenters. The van der Waals surface area contributed by atoms with Crippen molar-refractivity contribution in [2.75, 3.05) is 13.7 Å². The van der Waals surface area contributed by atoms with Crippen LogP contribution >= 0.6 is 0 Å². The summed E-state index contributed by atoms with van der Waals surface area (Å²) in [6, 6.07) is 7.33. The SMILES string of the molecule is COCc1cc(C)nc(OCC(=O)N/N=C\c2cccnc2)c1C#N. The Hall–Kier alpha value is -3.31. The molecule has 0 aliphatic heterocycles. The number of hydrogen-bond acceptors (Lipinski definition) is 7. The first kappa shape index (κ1) is 18.0. The van der Waals surface area contributed by atoms with Gasteiger partial charge in [0.05, 0.1) is 12.8 Å². The molecule has 8 heteroatoms. The zero-order chi connectivity index (χ0) is 18.1. The van der Waals surface area contributed by atoms with Gasteiger partial charge in [-0.25, -0.2) is 10.4 Å². The topological polar surface area (TPSA) is 109 Å². The number of carbonyl (C=O) groups is 1. The number of amides is 1. The Morgan fingerprint density at radius 3 is 3.04 bits per heavy atom. The van der Waals surface area contributed by atoms with Crippen LogP contribution in [0.5, 0.6) is 5.88 Å². The number of hydrazone groups is 1. The minimum absolute atomic E-state index is 0.0981. The number of nitrogens with zero attached hydrogens (tertiary/aromatic N) is 4. The second-order valence-electron chi connectivity index (χ2n) is 5.02. The monoisotopic (exact) mass is 339 g/mol. The van der Waals surface area contributed by atoms with E-state index in [4.69, 9.17) is 9.47 Å². The molecule has 128 valence electrons. The van der Waals surface area contributed by atoms with Crippen LogP contribution in [-0.2, 0) is 16.1 Å². The van der Waals surface area contributed by atoms with Gasteiger partial charge in [0.15, 0.2) is 6.61 Å². The van der Waals surface area contributed by atoms with Gasteiger partial charge in [0.2, 0.25) is 5.88 Å². The van der Waals surface area contributed by atoms with Crippen molar-refractivity contribution in [2.24, 2.45) is 5.10 Å². The van der Waals surface area contributed by atoms with Crippen molar-refractivity contribution >= 4 is 12.1 Å². The van der Waals surface area contributed by atoms with Crippen LogP contribution < -0.4 is 10.2 Å². The smallest absolute Gasteiger partial charge is 0.278 e. The van der Waals surface area contributed by atoms with Gasteiger partial charge in [-0.2, -0.15) is 10.4 Å². The third-order valence-corrected chi connectivity index (χ3v) is 3.03. The molecule has 0 radical (unpaired) electrons. The number of aryl methyl sites for hydroxylation is 1. The number of nitriles is 1. The first-order valence-corrected chi connectivity index (χ1v) is 7.38. The highest BCUT2D eigenvalue weighted by atomic mass is 16.5. The van der Waals surface area contributed by atoms with Gasteiger partial charge in [-0.3, -0.25) is 9.78 Å². The predicted octanol–water partition coefficient (Wildman–Crippen LogP) is 1.33. The summed E-state index contributed by atoms with van der Waals surface area (Å²) in [6.07, 6.45) is 4.72. The second kappa shape index (κ2) is 9.10. The van der Waals surface area contributed by atoms with Crippen LogP contribution in [0, 0.1) is 18.3 Å². The lowest BCUT2D eigenvalue weighted by atomic mass is 10.1. The molecule has 0 spiro atoms. The van der Waals surface area contributed by atoms with Crippen LogP contribution in [0.15, 0.2) is 35.7 Å².